The normalized spacial score (nSPS) is 11.2. The molecule has 0 saturated carbocycles. The molecule has 1 aromatic carbocycles. The highest BCUT2D eigenvalue weighted by molar-refractivity contribution is 9.10. The zero-order chi connectivity index (χ0) is 21.9. The summed E-state index contributed by atoms with van der Waals surface area (Å²) in [6.45, 7) is 12.5. The number of carbonyl (C=O) groups excluding carboxylic acids is 1. The molecule has 0 saturated heterocycles. The predicted octanol–water partition coefficient (Wildman–Crippen LogP) is 5.91. The van der Waals surface area contributed by atoms with Crippen molar-refractivity contribution in [1.29, 1.82) is 0 Å². The number of aryl methyl sites for hydroxylation is 2. The Labute approximate surface area is 182 Å². The molecule has 1 N–H and O–H groups in total. The number of hydrogen-bond acceptors (Lipinski definition) is 2. The van der Waals surface area contributed by atoms with Gasteiger partial charge in [0.05, 0.1) is 4.47 Å². The maximum absolute atomic E-state index is 13.4. The second kappa shape index (κ2) is 9.75. The first kappa shape index (κ1) is 23.4. The summed E-state index contributed by atoms with van der Waals surface area (Å²) in [5, 5.41) is 3.10. The van der Waals surface area contributed by atoms with Gasteiger partial charge in [0.2, 0.25) is 5.43 Å². The van der Waals surface area contributed by atoms with Crippen LogP contribution in [0.3, 0.4) is 0 Å². The molecule has 1 amide bonds. The van der Waals surface area contributed by atoms with E-state index >= 15 is 0 Å². The second-order valence-corrected chi connectivity index (χ2v) is 8.68. The molecule has 4 nitrogen and oxygen atoms in total. The van der Waals surface area contributed by atoms with Crippen molar-refractivity contribution in [3.05, 3.63) is 60.5 Å². The van der Waals surface area contributed by atoms with E-state index in [0.717, 1.165) is 47.5 Å². The molecule has 0 spiro atoms. The van der Waals surface area contributed by atoms with Crippen LogP contribution in [0.4, 0.5) is 5.69 Å². The van der Waals surface area contributed by atoms with E-state index in [1.54, 1.807) is 0 Å². The van der Waals surface area contributed by atoms with Crippen molar-refractivity contribution >= 4 is 27.5 Å². The number of benzene rings is 1. The van der Waals surface area contributed by atoms with Gasteiger partial charge < -0.3 is 9.88 Å². The molecule has 0 atom stereocenters. The Kier molecular flexibility index (Phi) is 7.87. The second-order valence-electron chi connectivity index (χ2n) is 7.89. The quantitative estimate of drug-likeness (QED) is 0.558. The number of pyridine rings is 1. The SMILES string of the molecule is CCCc1c(C(=O)Nc2c(CC)cc(C(C)C)cc2CC)c(=O)c(Br)c(C)n1C. The lowest BCUT2D eigenvalue weighted by Gasteiger charge is -2.20. The molecule has 0 bridgehead atoms. The number of aromatic nitrogens is 1. The minimum absolute atomic E-state index is 0.239. The van der Waals surface area contributed by atoms with Crippen molar-refractivity contribution in [2.24, 2.45) is 7.05 Å². The molecule has 0 unspecified atom stereocenters. The fourth-order valence-corrected chi connectivity index (χ4v) is 4.17. The number of amides is 1. The molecule has 29 heavy (non-hydrogen) atoms. The Morgan fingerprint density at radius 1 is 1.14 bits per heavy atom. The summed E-state index contributed by atoms with van der Waals surface area (Å²) in [5.41, 5.74) is 5.97. The molecule has 0 aliphatic rings. The monoisotopic (exact) mass is 460 g/mol. The number of anilines is 1. The van der Waals surface area contributed by atoms with Crippen LogP contribution in [0.5, 0.6) is 0 Å². The highest BCUT2D eigenvalue weighted by Gasteiger charge is 2.23. The van der Waals surface area contributed by atoms with E-state index in [9.17, 15) is 9.59 Å². The standard InChI is InChI=1S/C24H33BrN2O2/c1-8-11-19-20(23(28)21(25)15(6)27(19)7)24(29)26-22-16(9-2)12-18(14(4)5)13-17(22)10-3/h12-14H,8-11H2,1-7H3,(H,26,29). The summed E-state index contributed by atoms with van der Waals surface area (Å²) >= 11 is 3.39. The van der Waals surface area contributed by atoms with E-state index in [1.165, 1.54) is 5.56 Å². The highest BCUT2D eigenvalue weighted by Crippen LogP contribution is 2.29. The molecular weight excluding hydrogens is 428 g/mol. The van der Waals surface area contributed by atoms with Crippen molar-refractivity contribution < 1.29 is 4.79 Å². The summed E-state index contributed by atoms with van der Waals surface area (Å²) in [6.07, 6.45) is 3.18. The topological polar surface area (TPSA) is 51.1 Å². The molecule has 2 aromatic rings. The first-order valence-corrected chi connectivity index (χ1v) is 11.3. The molecule has 1 aromatic heterocycles. The average molecular weight is 461 g/mol. The van der Waals surface area contributed by atoms with E-state index < -0.39 is 0 Å². The molecule has 0 aliphatic carbocycles. The lowest BCUT2D eigenvalue weighted by molar-refractivity contribution is 0.102. The van der Waals surface area contributed by atoms with Crippen molar-refractivity contribution in [1.82, 2.24) is 4.57 Å². The van der Waals surface area contributed by atoms with Gasteiger partial charge >= 0.3 is 0 Å². The van der Waals surface area contributed by atoms with Crippen LogP contribution in [0.2, 0.25) is 0 Å². The highest BCUT2D eigenvalue weighted by atomic mass is 79.9. The fourth-order valence-electron chi connectivity index (χ4n) is 3.71. The van der Waals surface area contributed by atoms with E-state index in [0.29, 0.717) is 16.8 Å². The molecule has 158 valence electrons. The third-order valence-electron chi connectivity index (χ3n) is 5.65. The number of rotatable bonds is 7. The largest absolute Gasteiger partial charge is 0.350 e. The minimum atomic E-state index is -0.323. The van der Waals surface area contributed by atoms with Gasteiger partial charge in [0.1, 0.15) is 5.56 Å². The summed E-state index contributed by atoms with van der Waals surface area (Å²) in [5.74, 6) is 0.100. The van der Waals surface area contributed by atoms with Gasteiger partial charge in [-0.2, -0.15) is 0 Å². The van der Waals surface area contributed by atoms with Crippen molar-refractivity contribution in [2.45, 2.75) is 73.1 Å². The van der Waals surface area contributed by atoms with Crippen molar-refractivity contribution in [2.75, 3.05) is 5.32 Å². The third-order valence-corrected chi connectivity index (χ3v) is 6.58. The molecule has 0 aliphatic heterocycles. The number of halogens is 1. The summed E-state index contributed by atoms with van der Waals surface area (Å²) < 4.78 is 2.40. The van der Waals surface area contributed by atoms with E-state index in [2.05, 4.69) is 68.0 Å². The summed E-state index contributed by atoms with van der Waals surface area (Å²) in [7, 11) is 1.91. The van der Waals surface area contributed by atoms with Crippen LogP contribution in [0.25, 0.3) is 0 Å². The van der Waals surface area contributed by atoms with E-state index in [4.69, 9.17) is 0 Å². The molecule has 2 rings (SSSR count). The lowest BCUT2D eigenvalue weighted by Crippen LogP contribution is -2.29. The van der Waals surface area contributed by atoms with Gasteiger partial charge in [0.15, 0.2) is 0 Å². The Morgan fingerprint density at radius 2 is 1.69 bits per heavy atom. The maximum Gasteiger partial charge on any atom is 0.261 e. The fraction of sp³-hybridized carbons (Fsp3) is 0.500. The van der Waals surface area contributed by atoms with Crippen LogP contribution in [-0.4, -0.2) is 10.5 Å². The minimum Gasteiger partial charge on any atom is -0.350 e. The van der Waals surface area contributed by atoms with Gasteiger partial charge in [0, 0.05) is 24.1 Å². The lowest BCUT2D eigenvalue weighted by atomic mass is 9.93. The van der Waals surface area contributed by atoms with Gasteiger partial charge in [-0.3, -0.25) is 9.59 Å². The van der Waals surface area contributed by atoms with Gasteiger partial charge in [-0.25, -0.2) is 0 Å². The summed E-state index contributed by atoms with van der Waals surface area (Å²) in [4.78, 5) is 26.4. The van der Waals surface area contributed by atoms with Crippen molar-refractivity contribution in [3.8, 4) is 0 Å². The number of hydrogen-bond donors (Lipinski definition) is 1. The average Bonchev–Trinajstić information content (AvgIpc) is 2.70. The first-order valence-electron chi connectivity index (χ1n) is 10.5. The Morgan fingerprint density at radius 3 is 2.14 bits per heavy atom. The van der Waals surface area contributed by atoms with Gasteiger partial charge in [-0.1, -0.05) is 53.2 Å². The number of carbonyl (C=O) groups is 1. The molecular formula is C24H33BrN2O2. The first-order chi connectivity index (χ1) is 13.7. The summed E-state index contributed by atoms with van der Waals surface area (Å²) in [6, 6.07) is 4.35. The molecule has 5 heteroatoms. The molecule has 0 fully saturated rings. The number of nitrogens with zero attached hydrogens (tertiary/aromatic N) is 1. The molecule has 1 heterocycles. The Bertz CT molecular complexity index is 949. The third kappa shape index (κ3) is 4.66. The van der Waals surface area contributed by atoms with Crippen LogP contribution >= 0.6 is 15.9 Å². The zero-order valence-corrected chi connectivity index (χ0v) is 20.3. The van der Waals surface area contributed by atoms with E-state index in [1.807, 2.05) is 18.5 Å². The number of nitrogens with one attached hydrogen (secondary N) is 1. The Hall–Kier alpha value is -1.88. The maximum atomic E-state index is 13.4. The van der Waals surface area contributed by atoms with Gasteiger partial charge in [-0.05, 0) is 64.7 Å². The van der Waals surface area contributed by atoms with E-state index in [-0.39, 0.29) is 16.9 Å². The van der Waals surface area contributed by atoms with Gasteiger partial charge in [-0.15, -0.1) is 0 Å². The molecule has 0 radical (unpaired) electrons. The van der Waals surface area contributed by atoms with Crippen LogP contribution in [0.1, 0.15) is 85.4 Å². The van der Waals surface area contributed by atoms with Gasteiger partial charge in [0.25, 0.3) is 5.91 Å². The van der Waals surface area contributed by atoms with Crippen LogP contribution in [0, 0.1) is 6.92 Å². The van der Waals surface area contributed by atoms with Crippen molar-refractivity contribution in [3.63, 3.8) is 0 Å². The Balaban J connectivity index is 2.63. The van der Waals surface area contributed by atoms with Crippen LogP contribution in [0.15, 0.2) is 21.4 Å². The zero-order valence-electron chi connectivity index (χ0n) is 18.7. The van der Waals surface area contributed by atoms with Crippen LogP contribution < -0.4 is 10.7 Å². The predicted molar refractivity (Wildman–Crippen MR) is 125 cm³/mol. The smallest absolute Gasteiger partial charge is 0.261 e. The van der Waals surface area contributed by atoms with Crippen LogP contribution in [-0.2, 0) is 26.3 Å².